The SMILES string of the molecule is C/C(=C\c1ccc([N+](=O)[O-])cc1)c1nc2ccccc2[nH]1. The average molecular weight is 279 g/mol. The van der Waals surface area contributed by atoms with Gasteiger partial charge < -0.3 is 4.98 Å². The van der Waals surface area contributed by atoms with Crippen LogP contribution in [0.4, 0.5) is 5.69 Å². The van der Waals surface area contributed by atoms with Crippen molar-refractivity contribution in [2.45, 2.75) is 6.92 Å². The minimum atomic E-state index is -0.403. The fourth-order valence-electron chi connectivity index (χ4n) is 2.15. The molecule has 0 aliphatic carbocycles. The lowest BCUT2D eigenvalue weighted by atomic mass is 10.1. The average Bonchev–Trinajstić information content (AvgIpc) is 2.92. The van der Waals surface area contributed by atoms with Gasteiger partial charge in [0.15, 0.2) is 0 Å². The molecular weight excluding hydrogens is 266 g/mol. The molecule has 1 N–H and O–H groups in total. The Morgan fingerprint density at radius 1 is 1.19 bits per heavy atom. The van der Waals surface area contributed by atoms with E-state index in [4.69, 9.17) is 0 Å². The van der Waals surface area contributed by atoms with Crippen LogP contribution >= 0.6 is 0 Å². The summed E-state index contributed by atoms with van der Waals surface area (Å²) in [6.45, 7) is 1.96. The number of nitrogens with zero attached hydrogens (tertiary/aromatic N) is 2. The van der Waals surface area contributed by atoms with Crippen LogP contribution in [0.2, 0.25) is 0 Å². The number of rotatable bonds is 3. The zero-order valence-corrected chi connectivity index (χ0v) is 11.4. The number of para-hydroxylation sites is 2. The van der Waals surface area contributed by atoms with E-state index in [0.29, 0.717) is 0 Å². The maximum absolute atomic E-state index is 10.6. The Morgan fingerprint density at radius 3 is 2.57 bits per heavy atom. The quantitative estimate of drug-likeness (QED) is 0.581. The lowest BCUT2D eigenvalue weighted by molar-refractivity contribution is -0.384. The third-order valence-corrected chi connectivity index (χ3v) is 3.25. The number of aromatic nitrogens is 2. The highest BCUT2D eigenvalue weighted by molar-refractivity contribution is 5.83. The van der Waals surface area contributed by atoms with Crippen LogP contribution in [0.1, 0.15) is 18.3 Å². The Kier molecular flexibility index (Phi) is 3.23. The number of benzene rings is 2. The highest BCUT2D eigenvalue weighted by Gasteiger charge is 2.05. The number of nitrogens with one attached hydrogen (secondary N) is 1. The van der Waals surface area contributed by atoms with E-state index in [1.54, 1.807) is 12.1 Å². The minimum absolute atomic E-state index is 0.0912. The summed E-state index contributed by atoms with van der Waals surface area (Å²) in [5.41, 5.74) is 3.88. The van der Waals surface area contributed by atoms with Gasteiger partial charge >= 0.3 is 0 Å². The molecule has 0 saturated carbocycles. The monoisotopic (exact) mass is 279 g/mol. The molecular formula is C16H13N3O2. The number of H-pyrrole nitrogens is 1. The van der Waals surface area contributed by atoms with Crippen molar-refractivity contribution in [3.05, 3.63) is 70.0 Å². The molecule has 21 heavy (non-hydrogen) atoms. The second-order valence-corrected chi connectivity index (χ2v) is 4.78. The van der Waals surface area contributed by atoms with Crippen molar-refractivity contribution >= 4 is 28.4 Å². The first-order valence-corrected chi connectivity index (χ1v) is 6.51. The molecule has 2 aromatic carbocycles. The van der Waals surface area contributed by atoms with Crippen LogP contribution in [0.3, 0.4) is 0 Å². The number of aromatic amines is 1. The molecule has 0 bridgehead atoms. The third kappa shape index (κ3) is 2.67. The summed E-state index contributed by atoms with van der Waals surface area (Å²) in [5.74, 6) is 0.801. The lowest BCUT2D eigenvalue weighted by Crippen LogP contribution is -1.87. The molecule has 104 valence electrons. The summed E-state index contributed by atoms with van der Waals surface area (Å²) >= 11 is 0. The number of hydrogen-bond donors (Lipinski definition) is 1. The molecule has 0 atom stereocenters. The molecule has 0 spiro atoms. The predicted octanol–water partition coefficient (Wildman–Crippen LogP) is 4.03. The Bertz CT molecular complexity index is 799. The standard InChI is InChI=1S/C16H13N3O2/c1-11(10-12-6-8-13(9-7-12)19(20)21)16-17-14-4-2-3-5-15(14)18-16/h2-10H,1H3,(H,17,18)/b11-10+. The summed E-state index contributed by atoms with van der Waals surface area (Å²) in [4.78, 5) is 18.0. The van der Waals surface area contributed by atoms with Gasteiger partial charge in [0, 0.05) is 12.1 Å². The van der Waals surface area contributed by atoms with E-state index in [1.165, 1.54) is 12.1 Å². The van der Waals surface area contributed by atoms with E-state index in [1.807, 2.05) is 37.3 Å². The van der Waals surface area contributed by atoms with Crippen LogP contribution in [0, 0.1) is 10.1 Å². The molecule has 1 heterocycles. The smallest absolute Gasteiger partial charge is 0.269 e. The van der Waals surface area contributed by atoms with Crippen LogP contribution in [0.5, 0.6) is 0 Å². The first kappa shape index (κ1) is 13.1. The first-order valence-electron chi connectivity index (χ1n) is 6.51. The molecule has 0 aliphatic rings. The molecule has 5 nitrogen and oxygen atoms in total. The van der Waals surface area contributed by atoms with Crippen LogP contribution in [-0.4, -0.2) is 14.9 Å². The molecule has 1 aromatic heterocycles. The van der Waals surface area contributed by atoms with Crippen molar-refractivity contribution < 1.29 is 4.92 Å². The van der Waals surface area contributed by atoms with Gasteiger partial charge in [-0.3, -0.25) is 10.1 Å². The maximum atomic E-state index is 10.6. The van der Waals surface area contributed by atoms with E-state index in [0.717, 1.165) is 28.0 Å². The molecule has 5 heteroatoms. The Hall–Kier alpha value is -2.95. The lowest BCUT2D eigenvalue weighted by Gasteiger charge is -1.98. The topological polar surface area (TPSA) is 71.8 Å². The Balaban J connectivity index is 1.92. The van der Waals surface area contributed by atoms with Crippen LogP contribution in [0.25, 0.3) is 22.7 Å². The van der Waals surface area contributed by atoms with Gasteiger partial charge in [-0.2, -0.15) is 0 Å². The highest BCUT2D eigenvalue weighted by atomic mass is 16.6. The summed E-state index contributed by atoms with van der Waals surface area (Å²) in [6.07, 6.45) is 1.95. The van der Waals surface area contributed by atoms with Crippen molar-refractivity contribution in [2.75, 3.05) is 0 Å². The number of nitro benzene ring substituents is 1. The maximum Gasteiger partial charge on any atom is 0.269 e. The molecule has 0 saturated heterocycles. The summed E-state index contributed by atoms with van der Waals surface area (Å²) < 4.78 is 0. The molecule has 0 unspecified atom stereocenters. The zero-order valence-electron chi connectivity index (χ0n) is 11.4. The predicted molar refractivity (Wildman–Crippen MR) is 82.7 cm³/mol. The molecule has 0 fully saturated rings. The highest BCUT2D eigenvalue weighted by Crippen LogP contribution is 2.20. The molecule has 0 amide bonds. The molecule has 0 aliphatic heterocycles. The second-order valence-electron chi connectivity index (χ2n) is 4.78. The number of fused-ring (bicyclic) bond motifs is 1. The minimum Gasteiger partial charge on any atom is -0.338 e. The fourth-order valence-corrected chi connectivity index (χ4v) is 2.15. The van der Waals surface area contributed by atoms with Crippen LogP contribution in [0.15, 0.2) is 48.5 Å². The van der Waals surface area contributed by atoms with Gasteiger partial charge in [0.2, 0.25) is 0 Å². The summed E-state index contributed by atoms with van der Waals surface area (Å²) in [6, 6.07) is 14.3. The van der Waals surface area contributed by atoms with Crippen molar-refractivity contribution in [1.82, 2.24) is 9.97 Å². The van der Waals surface area contributed by atoms with Crippen molar-refractivity contribution in [2.24, 2.45) is 0 Å². The molecule has 3 rings (SSSR count). The van der Waals surface area contributed by atoms with E-state index in [-0.39, 0.29) is 5.69 Å². The zero-order chi connectivity index (χ0) is 14.8. The Morgan fingerprint density at radius 2 is 1.90 bits per heavy atom. The van der Waals surface area contributed by atoms with Crippen molar-refractivity contribution in [3.8, 4) is 0 Å². The summed E-state index contributed by atoms with van der Waals surface area (Å²) in [7, 11) is 0. The third-order valence-electron chi connectivity index (χ3n) is 3.25. The van der Waals surface area contributed by atoms with E-state index in [2.05, 4.69) is 9.97 Å². The molecule has 3 aromatic rings. The van der Waals surface area contributed by atoms with Crippen LogP contribution in [-0.2, 0) is 0 Å². The number of non-ortho nitro benzene ring substituents is 1. The van der Waals surface area contributed by atoms with Gasteiger partial charge in [-0.15, -0.1) is 0 Å². The van der Waals surface area contributed by atoms with Gasteiger partial charge in [0.1, 0.15) is 5.82 Å². The van der Waals surface area contributed by atoms with Gasteiger partial charge in [-0.05, 0) is 48.4 Å². The number of imidazole rings is 1. The fraction of sp³-hybridized carbons (Fsp3) is 0.0625. The first-order chi connectivity index (χ1) is 10.1. The Labute approximate surface area is 121 Å². The van der Waals surface area contributed by atoms with Gasteiger partial charge in [-0.25, -0.2) is 4.98 Å². The second kappa shape index (κ2) is 5.20. The summed E-state index contributed by atoms with van der Waals surface area (Å²) in [5, 5.41) is 10.6. The molecule has 0 radical (unpaired) electrons. The van der Waals surface area contributed by atoms with Crippen molar-refractivity contribution in [3.63, 3.8) is 0 Å². The van der Waals surface area contributed by atoms with Crippen molar-refractivity contribution in [1.29, 1.82) is 0 Å². The van der Waals surface area contributed by atoms with E-state index >= 15 is 0 Å². The normalized spacial score (nSPS) is 11.8. The van der Waals surface area contributed by atoms with Crippen LogP contribution < -0.4 is 0 Å². The number of allylic oxidation sites excluding steroid dienone is 1. The van der Waals surface area contributed by atoms with Gasteiger partial charge in [0.25, 0.3) is 5.69 Å². The van der Waals surface area contributed by atoms with Gasteiger partial charge in [-0.1, -0.05) is 12.1 Å². The van der Waals surface area contributed by atoms with Gasteiger partial charge in [0.05, 0.1) is 16.0 Å². The number of nitro groups is 1. The van der Waals surface area contributed by atoms with E-state index in [9.17, 15) is 10.1 Å². The van der Waals surface area contributed by atoms with E-state index < -0.39 is 4.92 Å². The number of hydrogen-bond acceptors (Lipinski definition) is 3. The largest absolute Gasteiger partial charge is 0.338 e.